The molecule has 6 heteroatoms. The molecule has 0 aliphatic carbocycles. The lowest BCUT2D eigenvalue weighted by atomic mass is 10.1. The third kappa shape index (κ3) is 3.27. The van der Waals surface area contributed by atoms with Gasteiger partial charge >= 0.3 is 0 Å². The number of amides is 1. The second-order valence-electron chi connectivity index (χ2n) is 6.89. The van der Waals surface area contributed by atoms with Gasteiger partial charge in [-0.1, -0.05) is 12.1 Å². The van der Waals surface area contributed by atoms with Crippen LogP contribution in [0.3, 0.4) is 0 Å². The molecule has 1 aromatic carbocycles. The monoisotopic (exact) mass is 350 g/mol. The van der Waals surface area contributed by atoms with Gasteiger partial charge in [-0.2, -0.15) is 0 Å². The van der Waals surface area contributed by atoms with Crippen molar-refractivity contribution in [2.45, 2.75) is 32.8 Å². The average Bonchev–Trinajstić information content (AvgIpc) is 3.12. The standard InChI is InChI=1S/C20H22N4O2/c1-14-3-4-15(2)18(11-14)26-17-7-9-23(10-8-17)20(25)16-5-6-19-22-21-13-24(19)12-16/h3-6,11-13,17H,7-10H2,1-2H3. The van der Waals surface area contributed by atoms with Crippen LogP contribution in [-0.2, 0) is 0 Å². The first kappa shape index (κ1) is 16.6. The normalized spacial score (nSPS) is 15.4. The van der Waals surface area contributed by atoms with Gasteiger partial charge in [0.05, 0.1) is 5.56 Å². The highest BCUT2D eigenvalue weighted by atomic mass is 16.5. The fraction of sp³-hybridized carbons (Fsp3) is 0.350. The summed E-state index contributed by atoms with van der Waals surface area (Å²) in [6.45, 7) is 5.54. The van der Waals surface area contributed by atoms with Gasteiger partial charge in [0.25, 0.3) is 5.91 Å². The maximum Gasteiger partial charge on any atom is 0.255 e. The molecule has 0 N–H and O–H groups in total. The summed E-state index contributed by atoms with van der Waals surface area (Å²) in [7, 11) is 0. The number of aryl methyl sites for hydroxylation is 2. The first-order chi connectivity index (χ1) is 12.6. The van der Waals surface area contributed by atoms with Crippen LogP contribution in [0.15, 0.2) is 42.9 Å². The van der Waals surface area contributed by atoms with Crippen molar-refractivity contribution in [2.24, 2.45) is 0 Å². The molecule has 1 fully saturated rings. The molecule has 0 spiro atoms. The van der Waals surface area contributed by atoms with Gasteiger partial charge in [-0.3, -0.25) is 9.20 Å². The number of hydrogen-bond acceptors (Lipinski definition) is 4. The number of rotatable bonds is 3. The molecule has 26 heavy (non-hydrogen) atoms. The zero-order chi connectivity index (χ0) is 18.1. The van der Waals surface area contributed by atoms with E-state index in [2.05, 4.69) is 42.2 Å². The highest BCUT2D eigenvalue weighted by Gasteiger charge is 2.25. The molecule has 1 saturated heterocycles. The minimum absolute atomic E-state index is 0.0470. The van der Waals surface area contributed by atoms with E-state index in [0.29, 0.717) is 18.7 Å². The third-order valence-electron chi connectivity index (χ3n) is 4.90. The number of aromatic nitrogens is 3. The van der Waals surface area contributed by atoms with Crippen LogP contribution in [-0.4, -0.2) is 44.6 Å². The maximum absolute atomic E-state index is 12.8. The SMILES string of the molecule is Cc1ccc(C)c(OC2CCN(C(=O)c3ccc4nncn4c3)CC2)c1. The van der Waals surface area contributed by atoms with E-state index >= 15 is 0 Å². The lowest BCUT2D eigenvalue weighted by molar-refractivity contribution is 0.0594. The van der Waals surface area contributed by atoms with Crippen molar-refractivity contribution in [1.29, 1.82) is 0 Å². The Hall–Kier alpha value is -2.89. The Labute approximate surface area is 152 Å². The minimum atomic E-state index is 0.0470. The van der Waals surface area contributed by atoms with Crippen molar-refractivity contribution in [3.63, 3.8) is 0 Å². The summed E-state index contributed by atoms with van der Waals surface area (Å²) >= 11 is 0. The predicted octanol–water partition coefficient (Wildman–Crippen LogP) is 3.03. The van der Waals surface area contributed by atoms with E-state index in [1.807, 2.05) is 17.0 Å². The number of carbonyl (C=O) groups excluding carboxylic acids is 1. The van der Waals surface area contributed by atoms with Crippen LogP contribution >= 0.6 is 0 Å². The summed E-state index contributed by atoms with van der Waals surface area (Å²) in [4.78, 5) is 14.7. The van der Waals surface area contributed by atoms with E-state index < -0.39 is 0 Å². The number of piperidine rings is 1. The zero-order valence-corrected chi connectivity index (χ0v) is 15.1. The third-order valence-corrected chi connectivity index (χ3v) is 4.90. The molecule has 1 amide bonds. The van der Waals surface area contributed by atoms with Crippen LogP contribution in [0.5, 0.6) is 5.75 Å². The topological polar surface area (TPSA) is 59.7 Å². The molecule has 0 saturated carbocycles. The van der Waals surface area contributed by atoms with Gasteiger partial charge in [-0.05, 0) is 43.2 Å². The Morgan fingerprint density at radius 1 is 1.15 bits per heavy atom. The van der Waals surface area contributed by atoms with E-state index in [-0.39, 0.29) is 12.0 Å². The van der Waals surface area contributed by atoms with Crippen LogP contribution in [0, 0.1) is 13.8 Å². The van der Waals surface area contributed by atoms with Crippen molar-refractivity contribution in [3.8, 4) is 5.75 Å². The molecule has 0 atom stereocenters. The van der Waals surface area contributed by atoms with E-state index in [9.17, 15) is 4.79 Å². The van der Waals surface area contributed by atoms with Crippen LogP contribution in [0.1, 0.15) is 34.3 Å². The lowest BCUT2D eigenvalue weighted by Gasteiger charge is -2.32. The van der Waals surface area contributed by atoms with E-state index in [1.54, 1.807) is 16.9 Å². The largest absolute Gasteiger partial charge is 0.490 e. The number of hydrogen-bond donors (Lipinski definition) is 0. The summed E-state index contributed by atoms with van der Waals surface area (Å²) < 4.78 is 7.96. The maximum atomic E-state index is 12.8. The molecular weight excluding hydrogens is 328 g/mol. The molecular formula is C20H22N4O2. The van der Waals surface area contributed by atoms with Gasteiger partial charge in [0.2, 0.25) is 0 Å². The fourth-order valence-electron chi connectivity index (χ4n) is 3.33. The van der Waals surface area contributed by atoms with Crippen molar-refractivity contribution in [2.75, 3.05) is 13.1 Å². The molecule has 0 radical (unpaired) electrons. The first-order valence-corrected chi connectivity index (χ1v) is 8.93. The Bertz CT molecular complexity index is 942. The summed E-state index contributed by atoms with van der Waals surface area (Å²) in [5.74, 6) is 0.999. The van der Waals surface area contributed by atoms with Crippen molar-refractivity contribution in [3.05, 3.63) is 59.5 Å². The van der Waals surface area contributed by atoms with Gasteiger partial charge in [0, 0.05) is 32.1 Å². The Kier molecular flexibility index (Phi) is 4.32. The number of nitrogens with zero attached hydrogens (tertiary/aromatic N) is 4. The molecule has 2 aromatic heterocycles. The van der Waals surface area contributed by atoms with Crippen LogP contribution < -0.4 is 4.74 Å². The number of ether oxygens (including phenoxy) is 1. The number of pyridine rings is 1. The fourth-order valence-corrected chi connectivity index (χ4v) is 3.33. The van der Waals surface area contributed by atoms with Crippen molar-refractivity contribution < 1.29 is 9.53 Å². The molecule has 0 unspecified atom stereocenters. The predicted molar refractivity (Wildman–Crippen MR) is 98.5 cm³/mol. The summed E-state index contributed by atoms with van der Waals surface area (Å²) in [5.41, 5.74) is 3.74. The molecule has 1 aliphatic heterocycles. The number of carbonyl (C=O) groups is 1. The number of benzene rings is 1. The van der Waals surface area contributed by atoms with Crippen molar-refractivity contribution in [1.82, 2.24) is 19.5 Å². The number of likely N-dealkylation sites (tertiary alicyclic amines) is 1. The molecule has 3 aromatic rings. The Morgan fingerprint density at radius 3 is 2.77 bits per heavy atom. The van der Waals surface area contributed by atoms with Gasteiger partial charge in [-0.25, -0.2) is 0 Å². The van der Waals surface area contributed by atoms with Crippen LogP contribution in [0.25, 0.3) is 5.65 Å². The molecule has 6 nitrogen and oxygen atoms in total. The summed E-state index contributed by atoms with van der Waals surface area (Å²) in [5, 5.41) is 7.82. The number of fused-ring (bicyclic) bond motifs is 1. The van der Waals surface area contributed by atoms with Crippen molar-refractivity contribution >= 4 is 11.6 Å². The highest BCUT2D eigenvalue weighted by molar-refractivity contribution is 5.94. The molecule has 134 valence electrons. The lowest BCUT2D eigenvalue weighted by Crippen LogP contribution is -2.41. The molecule has 3 heterocycles. The Morgan fingerprint density at radius 2 is 1.96 bits per heavy atom. The molecule has 4 rings (SSSR count). The zero-order valence-electron chi connectivity index (χ0n) is 15.1. The van der Waals surface area contributed by atoms with Gasteiger partial charge in [-0.15, -0.1) is 10.2 Å². The quantitative estimate of drug-likeness (QED) is 0.728. The molecule has 1 aliphatic rings. The van der Waals surface area contributed by atoms with E-state index in [0.717, 1.165) is 29.8 Å². The highest BCUT2D eigenvalue weighted by Crippen LogP contribution is 2.24. The Balaban J connectivity index is 1.39. The average molecular weight is 350 g/mol. The first-order valence-electron chi connectivity index (χ1n) is 8.93. The van der Waals surface area contributed by atoms with Gasteiger partial charge in [0.15, 0.2) is 5.65 Å². The summed E-state index contributed by atoms with van der Waals surface area (Å²) in [6, 6.07) is 9.89. The second kappa shape index (κ2) is 6.78. The van der Waals surface area contributed by atoms with Gasteiger partial charge < -0.3 is 9.64 Å². The molecule has 0 bridgehead atoms. The smallest absolute Gasteiger partial charge is 0.255 e. The van der Waals surface area contributed by atoms with Crippen LogP contribution in [0.2, 0.25) is 0 Å². The van der Waals surface area contributed by atoms with Gasteiger partial charge in [0.1, 0.15) is 18.2 Å². The van der Waals surface area contributed by atoms with E-state index in [1.165, 1.54) is 5.56 Å². The minimum Gasteiger partial charge on any atom is -0.490 e. The van der Waals surface area contributed by atoms with E-state index in [4.69, 9.17) is 4.74 Å². The second-order valence-corrected chi connectivity index (χ2v) is 6.89. The van der Waals surface area contributed by atoms with Crippen LogP contribution in [0.4, 0.5) is 0 Å². The summed E-state index contributed by atoms with van der Waals surface area (Å²) in [6.07, 6.45) is 5.23.